The van der Waals surface area contributed by atoms with E-state index in [4.69, 9.17) is 23.2 Å². The minimum Gasteiger partial charge on any atom is -0.507 e. The van der Waals surface area contributed by atoms with Crippen LogP contribution in [0.25, 0.3) is 0 Å². The van der Waals surface area contributed by atoms with Crippen molar-refractivity contribution in [2.24, 2.45) is 0 Å². The molecule has 0 radical (unpaired) electrons. The van der Waals surface area contributed by atoms with Gasteiger partial charge in [-0.3, -0.25) is 0 Å². The van der Waals surface area contributed by atoms with Crippen LogP contribution in [0.1, 0.15) is 12.5 Å². The Kier molecular flexibility index (Phi) is 3.88. The molecule has 8 heteroatoms. The first-order valence-electron chi connectivity index (χ1n) is 5.46. The lowest BCUT2D eigenvalue weighted by Crippen LogP contribution is -2.28. The summed E-state index contributed by atoms with van der Waals surface area (Å²) in [6.07, 6.45) is -2.60. The van der Waals surface area contributed by atoms with Gasteiger partial charge < -0.3 is 10.0 Å². The van der Waals surface area contributed by atoms with Gasteiger partial charge >= 0.3 is 6.18 Å². The minimum atomic E-state index is -4.57. The van der Waals surface area contributed by atoms with E-state index >= 15 is 0 Å². The molecule has 0 amide bonds. The summed E-state index contributed by atoms with van der Waals surface area (Å²) in [4.78, 5) is 4.78. The fraction of sp³-hybridized carbons (Fsp3) is 0.250. The summed E-state index contributed by atoms with van der Waals surface area (Å²) in [6, 6.07) is 1.12. The second-order valence-electron chi connectivity index (χ2n) is 4.18. The second kappa shape index (κ2) is 5.18. The molecule has 1 aromatic rings. The smallest absolute Gasteiger partial charge is 0.419 e. The topological polar surface area (TPSA) is 36.4 Å². The van der Waals surface area contributed by atoms with E-state index < -0.39 is 11.7 Å². The van der Waals surface area contributed by atoms with Crippen molar-refractivity contribution in [3.63, 3.8) is 0 Å². The molecule has 0 aromatic carbocycles. The largest absolute Gasteiger partial charge is 0.507 e. The molecule has 0 saturated carbocycles. The van der Waals surface area contributed by atoms with Crippen LogP contribution in [-0.4, -0.2) is 16.6 Å². The number of aromatic nitrogens is 1. The van der Waals surface area contributed by atoms with Crippen LogP contribution in [0.15, 0.2) is 34.8 Å². The Morgan fingerprint density at radius 2 is 2.00 bits per heavy atom. The van der Waals surface area contributed by atoms with Crippen molar-refractivity contribution in [3.8, 4) is 0 Å². The molecule has 0 atom stereocenters. The van der Waals surface area contributed by atoms with Crippen LogP contribution >= 0.6 is 23.2 Å². The molecule has 3 nitrogen and oxygen atoms in total. The van der Waals surface area contributed by atoms with E-state index in [1.807, 2.05) is 0 Å². The van der Waals surface area contributed by atoms with Crippen molar-refractivity contribution in [1.82, 2.24) is 4.98 Å². The third kappa shape index (κ3) is 2.86. The summed E-state index contributed by atoms with van der Waals surface area (Å²) in [6.45, 7) is 1.49. The van der Waals surface area contributed by atoms with Gasteiger partial charge in [0.05, 0.1) is 22.8 Å². The number of aliphatic hydroxyl groups excluding tert-OH is 1. The van der Waals surface area contributed by atoms with Gasteiger partial charge in [-0.25, -0.2) is 4.98 Å². The van der Waals surface area contributed by atoms with Crippen molar-refractivity contribution in [3.05, 3.63) is 45.5 Å². The van der Waals surface area contributed by atoms with Gasteiger partial charge in [0.2, 0.25) is 0 Å². The van der Waals surface area contributed by atoms with Crippen LogP contribution < -0.4 is 4.90 Å². The zero-order valence-electron chi connectivity index (χ0n) is 10.2. The number of anilines is 1. The molecule has 2 heterocycles. The quantitative estimate of drug-likeness (QED) is 0.773. The predicted molar refractivity (Wildman–Crippen MR) is 70.9 cm³/mol. The van der Waals surface area contributed by atoms with Crippen molar-refractivity contribution in [2.75, 3.05) is 11.4 Å². The first kappa shape index (κ1) is 15.0. The molecule has 0 spiro atoms. The van der Waals surface area contributed by atoms with Crippen LogP contribution in [0.4, 0.5) is 18.9 Å². The normalized spacial score (nSPS) is 16.5. The average molecular weight is 325 g/mol. The summed E-state index contributed by atoms with van der Waals surface area (Å²) >= 11 is 11.5. The Morgan fingerprint density at radius 3 is 2.60 bits per heavy atom. The highest BCUT2D eigenvalue weighted by Crippen LogP contribution is 2.39. The summed E-state index contributed by atoms with van der Waals surface area (Å²) < 4.78 is 39.0. The number of nitrogens with zero attached hydrogens (tertiary/aromatic N) is 2. The predicted octanol–water partition coefficient (Wildman–Crippen LogP) is 4.49. The van der Waals surface area contributed by atoms with Gasteiger partial charge in [-0.2, -0.15) is 13.2 Å². The maximum atomic E-state index is 13.0. The molecular formula is C12H9Cl2F3N2O. The van der Waals surface area contributed by atoms with E-state index in [1.54, 1.807) is 6.92 Å². The highest BCUT2D eigenvalue weighted by Gasteiger charge is 2.36. The van der Waals surface area contributed by atoms with Crippen molar-refractivity contribution in [1.29, 1.82) is 0 Å². The van der Waals surface area contributed by atoms with Gasteiger partial charge in [-0.1, -0.05) is 23.2 Å². The Bertz CT molecular complexity index is 611. The highest BCUT2D eigenvalue weighted by atomic mass is 35.5. The fourth-order valence-electron chi connectivity index (χ4n) is 1.84. The molecule has 1 N–H and O–H groups in total. The highest BCUT2D eigenvalue weighted by molar-refractivity contribution is 6.31. The van der Waals surface area contributed by atoms with Crippen LogP contribution in [-0.2, 0) is 6.18 Å². The minimum absolute atomic E-state index is 0.0525. The number of pyridine rings is 1. The molecule has 0 aliphatic carbocycles. The SMILES string of the molecule is CC1=CC(O)=C(Cl)CN1c1cc(Cl)ncc1C(F)(F)F. The van der Waals surface area contributed by atoms with Gasteiger partial charge in [-0.15, -0.1) is 0 Å². The van der Waals surface area contributed by atoms with Crippen molar-refractivity contribution >= 4 is 28.9 Å². The lowest BCUT2D eigenvalue weighted by atomic mass is 10.1. The summed E-state index contributed by atoms with van der Waals surface area (Å²) in [5.41, 5.74) is -0.655. The summed E-state index contributed by atoms with van der Waals surface area (Å²) in [7, 11) is 0. The Morgan fingerprint density at radius 1 is 1.35 bits per heavy atom. The Balaban J connectivity index is 2.54. The molecule has 2 rings (SSSR count). The van der Waals surface area contributed by atoms with E-state index in [0.29, 0.717) is 11.9 Å². The molecule has 1 aliphatic heterocycles. The third-order valence-corrected chi connectivity index (χ3v) is 3.31. The van der Waals surface area contributed by atoms with E-state index in [9.17, 15) is 18.3 Å². The lowest BCUT2D eigenvalue weighted by Gasteiger charge is -2.30. The second-order valence-corrected chi connectivity index (χ2v) is 5.03. The first-order valence-corrected chi connectivity index (χ1v) is 6.22. The molecule has 0 bridgehead atoms. The van der Waals surface area contributed by atoms with E-state index in [2.05, 4.69) is 4.98 Å². The number of halogens is 5. The molecule has 1 aliphatic rings. The summed E-state index contributed by atoms with van der Waals surface area (Å²) in [5, 5.41) is 9.47. The van der Waals surface area contributed by atoms with Crippen molar-refractivity contribution < 1.29 is 18.3 Å². The molecule has 0 unspecified atom stereocenters. The molecule has 1 aromatic heterocycles. The maximum Gasteiger partial charge on any atom is 0.419 e. The van der Waals surface area contributed by atoms with Gasteiger partial charge in [0.15, 0.2) is 0 Å². The first-order chi connectivity index (χ1) is 9.20. The maximum absolute atomic E-state index is 13.0. The number of rotatable bonds is 1. The standard InChI is InChI=1S/C12H9Cl2F3N2O/c1-6-2-10(20)8(13)5-19(6)9-3-11(14)18-4-7(9)12(15,16)17/h2-4,20H,5H2,1H3. The van der Waals surface area contributed by atoms with Crippen LogP contribution in [0, 0.1) is 0 Å². The van der Waals surface area contributed by atoms with E-state index in [0.717, 1.165) is 6.07 Å². The molecule has 20 heavy (non-hydrogen) atoms. The molecule has 108 valence electrons. The zero-order valence-corrected chi connectivity index (χ0v) is 11.7. The monoisotopic (exact) mass is 324 g/mol. The lowest BCUT2D eigenvalue weighted by molar-refractivity contribution is -0.137. The van der Waals surface area contributed by atoms with Crippen LogP contribution in [0.3, 0.4) is 0 Å². The van der Waals surface area contributed by atoms with Crippen molar-refractivity contribution in [2.45, 2.75) is 13.1 Å². The Hall–Kier alpha value is -1.40. The fourth-order valence-corrected chi connectivity index (χ4v) is 2.16. The van der Waals surface area contributed by atoms with Crippen LogP contribution in [0.5, 0.6) is 0 Å². The molecular weight excluding hydrogens is 316 g/mol. The summed E-state index contributed by atoms with van der Waals surface area (Å²) in [5.74, 6) is -0.158. The number of aliphatic hydroxyl groups is 1. The Labute approximate surface area is 122 Å². The van der Waals surface area contributed by atoms with Gasteiger partial charge in [0.1, 0.15) is 10.9 Å². The van der Waals surface area contributed by atoms with Gasteiger partial charge in [-0.05, 0) is 13.0 Å². The van der Waals surface area contributed by atoms with Crippen LogP contribution in [0.2, 0.25) is 5.15 Å². The van der Waals surface area contributed by atoms with E-state index in [-0.39, 0.29) is 28.2 Å². The third-order valence-electron chi connectivity index (χ3n) is 2.79. The average Bonchev–Trinajstić information content (AvgIpc) is 2.32. The molecule has 0 fully saturated rings. The number of hydrogen-bond acceptors (Lipinski definition) is 3. The van der Waals surface area contributed by atoms with E-state index in [1.165, 1.54) is 11.0 Å². The van der Waals surface area contributed by atoms with Gasteiger partial charge in [0.25, 0.3) is 0 Å². The zero-order chi connectivity index (χ0) is 15.1. The number of hydrogen-bond donors (Lipinski definition) is 1. The molecule has 0 saturated heterocycles. The number of allylic oxidation sites excluding steroid dienone is 2. The number of alkyl halides is 3. The van der Waals surface area contributed by atoms with Gasteiger partial charge in [0, 0.05) is 18.0 Å².